The summed E-state index contributed by atoms with van der Waals surface area (Å²) in [6, 6.07) is 18.3. The van der Waals surface area contributed by atoms with Crippen molar-refractivity contribution in [3.05, 3.63) is 78.6 Å². The van der Waals surface area contributed by atoms with Crippen LogP contribution in [0.5, 0.6) is 0 Å². The molecule has 0 bridgehead atoms. The number of hydrogen-bond donors (Lipinski definition) is 1. The number of benzene rings is 1. The van der Waals surface area contributed by atoms with Crippen molar-refractivity contribution >= 4 is 11.6 Å². The van der Waals surface area contributed by atoms with E-state index in [0.717, 1.165) is 11.4 Å². The number of pyridine rings is 2. The second-order valence-corrected chi connectivity index (χ2v) is 4.46. The summed E-state index contributed by atoms with van der Waals surface area (Å²) in [4.78, 5) is 20.6. The van der Waals surface area contributed by atoms with Crippen molar-refractivity contribution in [3.8, 4) is 11.4 Å². The van der Waals surface area contributed by atoms with Gasteiger partial charge in [-0.1, -0.05) is 24.3 Å². The maximum Gasteiger partial charge on any atom is 0.255 e. The summed E-state index contributed by atoms with van der Waals surface area (Å²) in [5.74, 6) is -0.145. The minimum atomic E-state index is -0.145. The van der Waals surface area contributed by atoms with E-state index < -0.39 is 0 Å². The number of carbonyl (C=O) groups excluding carboxylic acids is 1. The van der Waals surface area contributed by atoms with Crippen LogP contribution in [-0.2, 0) is 0 Å². The minimum Gasteiger partial charge on any atom is -0.322 e. The number of amides is 1. The summed E-state index contributed by atoms with van der Waals surface area (Å²) in [6.07, 6.45) is 3.37. The third kappa shape index (κ3) is 3.12. The van der Waals surface area contributed by atoms with Crippen LogP contribution < -0.4 is 5.32 Å². The maximum atomic E-state index is 12.1. The van der Waals surface area contributed by atoms with E-state index in [2.05, 4.69) is 15.3 Å². The van der Waals surface area contributed by atoms with Crippen molar-refractivity contribution < 1.29 is 4.79 Å². The molecule has 0 unspecified atom stereocenters. The molecule has 0 saturated carbocycles. The van der Waals surface area contributed by atoms with E-state index in [9.17, 15) is 4.79 Å². The molecule has 0 atom stereocenters. The van der Waals surface area contributed by atoms with Gasteiger partial charge in [-0.25, -0.2) is 0 Å². The third-order valence-electron chi connectivity index (χ3n) is 2.98. The van der Waals surface area contributed by atoms with Gasteiger partial charge in [0.2, 0.25) is 0 Å². The van der Waals surface area contributed by atoms with Crippen molar-refractivity contribution in [2.24, 2.45) is 0 Å². The van der Waals surface area contributed by atoms with Gasteiger partial charge in [0.1, 0.15) is 0 Å². The quantitative estimate of drug-likeness (QED) is 0.797. The molecule has 0 saturated heterocycles. The number of carbonyl (C=O) groups is 1. The summed E-state index contributed by atoms with van der Waals surface area (Å²) in [5.41, 5.74) is 2.81. The molecule has 21 heavy (non-hydrogen) atoms. The Balaban J connectivity index is 1.83. The topological polar surface area (TPSA) is 54.9 Å². The molecule has 2 aromatic heterocycles. The van der Waals surface area contributed by atoms with Gasteiger partial charge in [-0.3, -0.25) is 14.8 Å². The Labute approximate surface area is 122 Å². The van der Waals surface area contributed by atoms with Crippen LogP contribution >= 0.6 is 0 Å². The van der Waals surface area contributed by atoms with Crippen molar-refractivity contribution in [2.75, 3.05) is 5.32 Å². The van der Waals surface area contributed by atoms with Gasteiger partial charge in [0, 0.05) is 23.6 Å². The number of nitrogens with zero attached hydrogens (tertiary/aromatic N) is 2. The van der Waals surface area contributed by atoms with Crippen LogP contribution in [0.4, 0.5) is 5.69 Å². The molecule has 0 spiro atoms. The highest BCUT2D eigenvalue weighted by Crippen LogP contribution is 2.18. The molecule has 1 N–H and O–H groups in total. The van der Waals surface area contributed by atoms with Gasteiger partial charge in [0.15, 0.2) is 0 Å². The van der Waals surface area contributed by atoms with Crippen LogP contribution in [0.15, 0.2) is 73.1 Å². The Kier molecular flexibility index (Phi) is 3.69. The monoisotopic (exact) mass is 275 g/mol. The molecule has 0 radical (unpaired) electrons. The molecule has 0 aliphatic heterocycles. The first kappa shape index (κ1) is 13.0. The van der Waals surface area contributed by atoms with Crippen molar-refractivity contribution in [1.29, 1.82) is 0 Å². The predicted molar refractivity (Wildman–Crippen MR) is 81.9 cm³/mol. The van der Waals surface area contributed by atoms with E-state index in [1.54, 1.807) is 30.6 Å². The maximum absolute atomic E-state index is 12.1. The average Bonchev–Trinajstić information content (AvgIpc) is 2.57. The highest BCUT2D eigenvalue weighted by molar-refractivity contribution is 6.04. The summed E-state index contributed by atoms with van der Waals surface area (Å²) < 4.78 is 0. The zero-order valence-corrected chi connectivity index (χ0v) is 11.2. The van der Waals surface area contributed by atoms with E-state index in [1.165, 1.54) is 0 Å². The lowest BCUT2D eigenvalue weighted by molar-refractivity contribution is 0.102. The Morgan fingerprint density at radius 1 is 0.810 bits per heavy atom. The number of hydrogen-bond acceptors (Lipinski definition) is 3. The van der Waals surface area contributed by atoms with Crippen molar-refractivity contribution in [2.45, 2.75) is 0 Å². The summed E-state index contributed by atoms with van der Waals surface area (Å²) in [5, 5.41) is 2.86. The Morgan fingerprint density at radius 3 is 2.33 bits per heavy atom. The highest BCUT2D eigenvalue weighted by atomic mass is 16.1. The third-order valence-corrected chi connectivity index (χ3v) is 2.98. The summed E-state index contributed by atoms with van der Waals surface area (Å²) in [6.45, 7) is 0. The van der Waals surface area contributed by atoms with Gasteiger partial charge < -0.3 is 5.32 Å². The van der Waals surface area contributed by atoms with Crippen LogP contribution in [0, 0.1) is 0 Å². The summed E-state index contributed by atoms with van der Waals surface area (Å²) >= 11 is 0. The second kappa shape index (κ2) is 5.96. The van der Waals surface area contributed by atoms with Crippen LogP contribution in [0.1, 0.15) is 10.4 Å². The fourth-order valence-corrected chi connectivity index (χ4v) is 1.96. The number of aromatic nitrogens is 2. The Bertz CT molecular complexity index is 742. The molecular formula is C17H13N3O. The molecule has 2 heterocycles. The first-order valence-electron chi connectivity index (χ1n) is 6.57. The first-order valence-corrected chi connectivity index (χ1v) is 6.57. The Hall–Kier alpha value is -3.01. The molecule has 0 aliphatic rings. The molecule has 4 nitrogen and oxygen atoms in total. The van der Waals surface area contributed by atoms with Gasteiger partial charge in [-0.2, -0.15) is 0 Å². The number of rotatable bonds is 3. The molecule has 3 rings (SSSR count). The van der Waals surface area contributed by atoms with Crippen LogP contribution in [0.2, 0.25) is 0 Å². The predicted octanol–water partition coefficient (Wildman–Crippen LogP) is 3.40. The van der Waals surface area contributed by atoms with Gasteiger partial charge in [-0.05, 0) is 36.4 Å². The molecule has 1 amide bonds. The lowest BCUT2D eigenvalue weighted by Crippen LogP contribution is -2.11. The zero-order chi connectivity index (χ0) is 14.5. The highest BCUT2D eigenvalue weighted by Gasteiger charge is 2.07. The van der Waals surface area contributed by atoms with Crippen molar-refractivity contribution in [3.63, 3.8) is 0 Å². The van der Waals surface area contributed by atoms with Crippen LogP contribution in [-0.4, -0.2) is 15.9 Å². The number of anilines is 1. The normalized spacial score (nSPS) is 10.1. The average molecular weight is 275 g/mol. The van der Waals surface area contributed by atoms with Gasteiger partial charge in [-0.15, -0.1) is 0 Å². The molecular weight excluding hydrogens is 262 g/mol. The largest absolute Gasteiger partial charge is 0.322 e. The standard InChI is InChI=1S/C17H13N3O/c21-17(13-6-2-1-3-7-13)20-14-9-11-19-16(12-14)15-8-4-5-10-18-15/h1-12H,(H,19,20,21). The SMILES string of the molecule is O=C(Nc1ccnc(-c2ccccn2)c1)c1ccccc1. The van der Waals surface area contributed by atoms with Crippen LogP contribution in [0.25, 0.3) is 11.4 Å². The smallest absolute Gasteiger partial charge is 0.255 e. The van der Waals surface area contributed by atoms with Crippen molar-refractivity contribution in [1.82, 2.24) is 9.97 Å². The molecule has 3 aromatic rings. The lowest BCUT2D eigenvalue weighted by atomic mass is 10.2. The molecule has 102 valence electrons. The molecule has 4 heteroatoms. The molecule has 0 aliphatic carbocycles. The fourth-order valence-electron chi connectivity index (χ4n) is 1.96. The first-order chi connectivity index (χ1) is 10.3. The van der Waals surface area contributed by atoms with E-state index in [0.29, 0.717) is 11.3 Å². The summed E-state index contributed by atoms with van der Waals surface area (Å²) in [7, 11) is 0. The van der Waals surface area contributed by atoms with E-state index in [4.69, 9.17) is 0 Å². The van der Waals surface area contributed by atoms with Gasteiger partial charge in [0.05, 0.1) is 11.4 Å². The van der Waals surface area contributed by atoms with E-state index >= 15 is 0 Å². The van der Waals surface area contributed by atoms with E-state index in [-0.39, 0.29) is 5.91 Å². The van der Waals surface area contributed by atoms with E-state index in [1.807, 2.05) is 42.5 Å². The lowest BCUT2D eigenvalue weighted by Gasteiger charge is -2.06. The molecule has 0 fully saturated rings. The fraction of sp³-hybridized carbons (Fsp3) is 0. The number of nitrogens with one attached hydrogen (secondary N) is 1. The minimum absolute atomic E-state index is 0.145. The van der Waals surface area contributed by atoms with Gasteiger partial charge >= 0.3 is 0 Å². The van der Waals surface area contributed by atoms with Crippen LogP contribution in [0.3, 0.4) is 0 Å². The zero-order valence-electron chi connectivity index (χ0n) is 11.2. The molecule has 1 aromatic carbocycles. The van der Waals surface area contributed by atoms with Gasteiger partial charge in [0.25, 0.3) is 5.91 Å². The second-order valence-electron chi connectivity index (χ2n) is 4.46. The Morgan fingerprint density at radius 2 is 1.57 bits per heavy atom.